The lowest BCUT2D eigenvalue weighted by Crippen LogP contribution is -2.38. The lowest BCUT2D eigenvalue weighted by molar-refractivity contribution is -0.193. The number of halogens is 6. The molecule has 0 amide bonds. The van der Waals surface area contributed by atoms with E-state index in [1.807, 2.05) is 0 Å². The third-order valence-electron chi connectivity index (χ3n) is 1.12. The molecule has 2 atom stereocenters. The molecule has 2 unspecified atom stereocenters. The lowest BCUT2D eigenvalue weighted by Gasteiger charge is -2.22. The van der Waals surface area contributed by atoms with Gasteiger partial charge in [0.05, 0.1) is 0 Å². The molecule has 0 rings (SSSR count). The average Bonchev–Trinajstić information content (AvgIpc) is 1.83. The van der Waals surface area contributed by atoms with E-state index >= 15 is 0 Å². The van der Waals surface area contributed by atoms with Gasteiger partial charge in [-0.1, -0.05) is 15.9 Å². The van der Waals surface area contributed by atoms with Crippen LogP contribution in [0.1, 0.15) is 6.42 Å². The summed E-state index contributed by atoms with van der Waals surface area (Å²) in [4.78, 5) is 8.52. The molecule has 0 spiro atoms. The minimum Gasteiger partial charge on any atom is -0.480 e. The predicted molar refractivity (Wildman–Crippen MR) is 43.8 cm³/mol. The van der Waals surface area contributed by atoms with Crippen molar-refractivity contribution >= 4 is 37.8 Å². The summed E-state index contributed by atoms with van der Waals surface area (Å²) in [5, 5.41) is 8.21. The van der Waals surface area contributed by atoms with Crippen LogP contribution >= 0.6 is 31.9 Å². The van der Waals surface area contributed by atoms with Gasteiger partial charge in [-0.2, -0.15) is 13.2 Å². The number of alkyl halides is 6. The summed E-state index contributed by atoms with van der Waals surface area (Å²) in [5.41, 5.74) is 0. The van der Waals surface area contributed by atoms with Gasteiger partial charge in [0, 0.05) is 6.42 Å². The van der Waals surface area contributed by atoms with Crippen LogP contribution in [0.5, 0.6) is 0 Å². The van der Waals surface area contributed by atoms with Crippen molar-refractivity contribution in [3.8, 4) is 0 Å². The predicted octanol–water partition coefficient (Wildman–Crippen LogP) is 2.85. The van der Waals surface area contributed by atoms with Crippen LogP contribution in [0.25, 0.3) is 0 Å². The van der Waals surface area contributed by atoms with Crippen LogP contribution in [0.2, 0.25) is 0 Å². The maximum absolute atomic E-state index is 12.7. The van der Waals surface area contributed by atoms with Gasteiger partial charge in [0.25, 0.3) is 4.58 Å². The first kappa shape index (κ1) is 13.2. The van der Waals surface area contributed by atoms with Crippen LogP contribution in [0.4, 0.5) is 17.6 Å². The Labute approximate surface area is 87.6 Å². The minimum absolute atomic E-state index is 1.23. The zero-order valence-electron chi connectivity index (χ0n) is 5.91. The number of rotatable bonds is 3. The largest absolute Gasteiger partial charge is 0.480 e. The topological polar surface area (TPSA) is 37.3 Å². The molecule has 1 N–H and O–H groups in total. The third kappa shape index (κ3) is 3.80. The highest BCUT2D eigenvalue weighted by atomic mass is 79.9. The number of carboxylic acid groups (broad SMARTS) is 1. The second kappa shape index (κ2) is 4.12. The number of carboxylic acids is 1. The minimum atomic E-state index is -5.13. The molecule has 0 radical (unpaired) electrons. The van der Waals surface area contributed by atoms with Crippen molar-refractivity contribution in [1.29, 1.82) is 0 Å². The van der Waals surface area contributed by atoms with E-state index in [9.17, 15) is 22.4 Å². The number of hydrogen-bond donors (Lipinski definition) is 1. The molecule has 0 fully saturated rings. The molecule has 0 bridgehead atoms. The third-order valence-corrected chi connectivity index (χ3v) is 2.61. The van der Waals surface area contributed by atoms with Crippen molar-refractivity contribution < 1.29 is 27.5 Å². The fourth-order valence-electron chi connectivity index (χ4n) is 0.428. The summed E-state index contributed by atoms with van der Waals surface area (Å²) >= 11 is 4.19. The molecule has 0 aliphatic rings. The second-order valence-corrected chi connectivity index (χ2v) is 4.57. The first-order valence-electron chi connectivity index (χ1n) is 2.89. The molecule has 0 aromatic carbocycles. The van der Waals surface area contributed by atoms with Gasteiger partial charge in [-0.15, -0.1) is 0 Å². The van der Waals surface area contributed by atoms with Crippen molar-refractivity contribution in [2.24, 2.45) is 0 Å². The summed E-state index contributed by atoms with van der Waals surface area (Å²) in [6.07, 6.45) is -6.36. The maximum atomic E-state index is 12.7. The molecule has 13 heavy (non-hydrogen) atoms. The van der Waals surface area contributed by atoms with Crippen LogP contribution in [0, 0.1) is 0 Å². The standard InChI is InChI=1S/C5H4Br2F4O2/c6-2(3(12)13)1-4(7,8)5(9,10)11/h2H,1H2,(H,12,13). The molecule has 0 aromatic rings. The molecule has 0 heterocycles. The Morgan fingerprint density at radius 2 is 1.77 bits per heavy atom. The monoisotopic (exact) mass is 330 g/mol. The molecular weight excluding hydrogens is 328 g/mol. The highest BCUT2D eigenvalue weighted by molar-refractivity contribution is 9.10. The summed E-state index contributed by atoms with van der Waals surface area (Å²) in [6, 6.07) is 0. The number of carbonyl (C=O) groups is 1. The van der Waals surface area contributed by atoms with Crippen LogP contribution in [-0.4, -0.2) is 26.7 Å². The molecule has 0 aliphatic carbocycles. The summed E-state index contributed by atoms with van der Waals surface area (Å²) in [5.74, 6) is -1.55. The zero-order chi connectivity index (χ0) is 10.9. The van der Waals surface area contributed by atoms with Gasteiger partial charge >= 0.3 is 12.1 Å². The molecule has 2 nitrogen and oxygen atoms in total. The normalized spacial score (nSPS) is 19.2. The van der Waals surface area contributed by atoms with Crippen molar-refractivity contribution in [3.05, 3.63) is 0 Å². The number of hydrogen-bond acceptors (Lipinski definition) is 1. The maximum Gasteiger partial charge on any atom is 0.432 e. The Hall–Kier alpha value is 0.150. The summed E-state index contributed by atoms with van der Waals surface area (Å²) < 4.78 is 44.5. The summed E-state index contributed by atoms with van der Waals surface area (Å²) in [7, 11) is 0. The highest BCUT2D eigenvalue weighted by Crippen LogP contribution is 2.43. The quantitative estimate of drug-likeness (QED) is 0.638. The van der Waals surface area contributed by atoms with Gasteiger partial charge in [0.1, 0.15) is 4.83 Å². The van der Waals surface area contributed by atoms with Crippen molar-refractivity contribution in [2.45, 2.75) is 22.0 Å². The molecule has 78 valence electrons. The van der Waals surface area contributed by atoms with Crippen LogP contribution < -0.4 is 0 Å². The van der Waals surface area contributed by atoms with Crippen molar-refractivity contribution in [2.75, 3.05) is 0 Å². The zero-order valence-corrected chi connectivity index (χ0v) is 9.08. The SMILES string of the molecule is O=C(O)C(Br)CC(F)(Br)C(F)(F)F. The van der Waals surface area contributed by atoms with E-state index in [4.69, 9.17) is 5.11 Å². The molecule has 0 saturated heterocycles. The Bertz CT molecular complexity index is 203. The Kier molecular flexibility index (Phi) is 4.17. The average molecular weight is 332 g/mol. The highest BCUT2D eigenvalue weighted by Gasteiger charge is 2.55. The second-order valence-electron chi connectivity index (χ2n) is 2.21. The van der Waals surface area contributed by atoms with Gasteiger partial charge in [-0.3, -0.25) is 4.79 Å². The molecule has 8 heteroatoms. The lowest BCUT2D eigenvalue weighted by atomic mass is 10.2. The molecule has 0 saturated carbocycles. The van der Waals surface area contributed by atoms with E-state index in [-0.39, 0.29) is 0 Å². The Balaban J connectivity index is 4.43. The van der Waals surface area contributed by atoms with Gasteiger partial charge in [-0.05, 0) is 15.9 Å². The molecule has 0 aromatic heterocycles. The van der Waals surface area contributed by atoms with E-state index < -0.39 is 28.0 Å². The smallest absolute Gasteiger partial charge is 0.432 e. The van der Waals surface area contributed by atoms with E-state index in [2.05, 4.69) is 15.9 Å². The van der Waals surface area contributed by atoms with Gasteiger partial charge in [0.15, 0.2) is 0 Å². The summed E-state index contributed by atoms with van der Waals surface area (Å²) in [6.45, 7) is 0. The first-order valence-corrected chi connectivity index (χ1v) is 4.60. The van der Waals surface area contributed by atoms with Crippen LogP contribution in [0.3, 0.4) is 0 Å². The fourth-order valence-corrected chi connectivity index (χ4v) is 1.63. The van der Waals surface area contributed by atoms with Crippen molar-refractivity contribution in [1.82, 2.24) is 0 Å². The molecule has 0 aliphatic heterocycles. The molecular formula is C5H4Br2F4O2. The van der Waals surface area contributed by atoms with Gasteiger partial charge < -0.3 is 5.11 Å². The van der Waals surface area contributed by atoms with E-state index in [1.165, 1.54) is 0 Å². The fraction of sp³-hybridized carbons (Fsp3) is 0.800. The van der Waals surface area contributed by atoms with Crippen LogP contribution in [-0.2, 0) is 4.79 Å². The Morgan fingerprint density at radius 1 is 1.38 bits per heavy atom. The van der Waals surface area contributed by atoms with E-state index in [1.54, 1.807) is 15.9 Å². The van der Waals surface area contributed by atoms with Gasteiger partial charge in [-0.25, -0.2) is 4.39 Å². The number of aliphatic carboxylic acids is 1. The van der Waals surface area contributed by atoms with E-state index in [0.717, 1.165) is 0 Å². The van der Waals surface area contributed by atoms with Crippen LogP contribution in [0.15, 0.2) is 0 Å². The van der Waals surface area contributed by atoms with Crippen molar-refractivity contribution in [3.63, 3.8) is 0 Å². The first-order chi connectivity index (χ1) is 5.58. The Morgan fingerprint density at radius 3 is 2.00 bits per heavy atom. The van der Waals surface area contributed by atoms with E-state index in [0.29, 0.717) is 0 Å². The van der Waals surface area contributed by atoms with Gasteiger partial charge in [0.2, 0.25) is 0 Å².